The number of methoxy groups -OCH3 is 1. The van der Waals surface area contributed by atoms with Gasteiger partial charge in [0.15, 0.2) is 0 Å². The molecule has 0 saturated heterocycles. The number of aryl methyl sites for hydroxylation is 2. The Hall–Kier alpha value is -3.22. The highest BCUT2D eigenvalue weighted by molar-refractivity contribution is 5.90. The van der Waals surface area contributed by atoms with E-state index in [1.807, 2.05) is 37.0 Å². The number of ether oxygens (including phenoxy) is 1. The predicted octanol–water partition coefficient (Wildman–Crippen LogP) is 3.40. The lowest BCUT2D eigenvalue weighted by Gasteiger charge is -2.18. The van der Waals surface area contributed by atoms with Gasteiger partial charge in [0, 0.05) is 23.9 Å². The Balaban J connectivity index is 1.78. The molecule has 0 aliphatic heterocycles. The Morgan fingerprint density at radius 2 is 2.00 bits per heavy atom. The fraction of sp³-hybridized carbons (Fsp3) is 0.263. The molecule has 3 aromatic heterocycles. The van der Waals surface area contributed by atoms with E-state index in [9.17, 15) is 0 Å². The van der Waals surface area contributed by atoms with E-state index in [4.69, 9.17) is 4.74 Å². The summed E-state index contributed by atoms with van der Waals surface area (Å²) in [5, 5.41) is 9.91. The second-order valence-corrected chi connectivity index (χ2v) is 6.28. The average Bonchev–Trinajstić information content (AvgIpc) is 3.02. The monoisotopic (exact) mass is 348 g/mol. The fourth-order valence-corrected chi connectivity index (χ4v) is 3.21. The Kier molecular flexibility index (Phi) is 3.91. The van der Waals surface area contributed by atoms with Crippen molar-refractivity contribution in [2.75, 3.05) is 12.4 Å². The Labute approximate surface area is 151 Å². The van der Waals surface area contributed by atoms with Crippen molar-refractivity contribution in [3.63, 3.8) is 0 Å². The Bertz CT molecular complexity index is 1100. The molecule has 1 N–H and O–H groups in total. The van der Waals surface area contributed by atoms with Crippen LogP contribution in [0.1, 0.15) is 24.4 Å². The minimum atomic E-state index is 0.0413. The number of fused-ring (bicyclic) bond motifs is 2. The largest absolute Gasteiger partial charge is 0.481 e. The smallest absolute Gasteiger partial charge is 0.213 e. The number of aromatic nitrogens is 5. The molecule has 132 valence electrons. The summed E-state index contributed by atoms with van der Waals surface area (Å²) in [6.07, 6.45) is 3.61. The lowest BCUT2D eigenvalue weighted by atomic mass is 10.0. The number of benzene rings is 1. The van der Waals surface area contributed by atoms with Crippen molar-refractivity contribution in [1.29, 1.82) is 0 Å². The van der Waals surface area contributed by atoms with E-state index in [0.717, 1.165) is 27.6 Å². The van der Waals surface area contributed by atoms with E-state index in [0.29, 0.717) is 11.7 Å². The maximum absolute atomic E-state index is 5.25. The summed E-state index contributed by atoms with van der Waals surface area (Å²) in [4.78, 5) is 13.3. The number of nitrogens with zero attached hydrogens (tertiary/aromatic N) is 5. The van der Waals surface area contributed by atoms with Crippen molar-refractivity contribution in [3.8, 4) is 5.88 Å². The highest BCUT2D eigenvalue weighted by atomic mass is 16.5. The standard InChI is InChI=1S/C19H20N6O/c1-11(13-6-5-7-17-15(13)9-21-25(17)3)22-19-14-8-18(26-4)20-10-16(14)23-12(2)24-19/h5-11H,1-4H3,(H,22,23,24). The first kappa shape index (κ1) is 16.3. The van der Waals surface area contributed by atoms with E-state index in [-0.39, 0.29) is 6.04 Å². The van der Waals surface area contributed by atoms with Gasteiger partial charge >= 0.3 is 0 Å². The van der Waals surface area contributed by atoms with Gasteiger partial charge in [0.2, 0.25) is 5.88 Å². The van der Waals surface area contributed by atoms with Gasteiger partial charge in [0.05, 0.1) is 36.6 Å². The second-order valence-electron chi connectivity index (χ2n) is 6.28. The predicted molar refractivity (Wildman–Crippen MR) is 101 cm³/mol. The van der Waals surface area contributed by atoms with Crippen LogP contribution in [0.3, 0.4) is 0 Å². The van der Waals surface area contributed by atoms with Crippen LogP contribution < -0.4 is 10.1 Å². The van der Waals surface area contributed by atoms with Gasteiger partial charge in [0.1, 0.15) is 11.6 Å². The Morgan fingerprint density at radius 3 is 2.81 bits per heavy atom. The summed E-state index contributed by atoms with van der Waals surface area (Å²) in [5.41, 5.74) is 3.05. The van der Waals surface area contributed by atoms with Crippen LogP contribution in [-0.2, 0) is 7.05 Å². The van der Waals surface area contributed by atoms with Crippen LogP contribution in [-0.4, -0.2) is 31.8 Å². The minimum Gasteiger partial charge on any atom is -0.481 e. The van der Waals surface area contributed by atoms with Crippen LogP contribution in [0.5, 0.6) is 5.88 Å². The van der Waals surface area contributed by atoms with E-state index < -0.39 is 0 Å². The molecule has 1 unspecified atom stereocenters. The molecule has 4 rings (SSSR count). The van der Waals surface area contributed by atoms with Gasteiger partial charge in [-0.3, -0.25) is 4.68 Å². The molecule has 0 aliphatic rings. The summed E-state index contributed by atoms with van der Waals surface area (Å²) in [7, 11) is 3.55. The zero-order chi connectivity index (χ0) is 18.3. The van der Waals surface area contributed by atoms with Crippen LogP contribution in [0.25, 0.3) is 21.8 Å². The summed E-state index contributed by atoms with van der Waals surface area (Å²) in [5.74, 6) is 2.00. The van der Waals surface area contributed by atoms with Crippen LogP contribution in [0, 0.1) is 6.92 Å². The topological polar surface area (TPSA) is 77.8 Å². The van der Waals surface area contributed by atoms with Gasteiger partial charge in [-0.25, -0.2) is 15.0 Å². The fourth-order valence-electron chi connectivity index (χ4n) is 3.21. The summed E-state index contributed by atoms with van der Waals surface area (Å²) in [6.45, 7) is 3.99. The molecule has 7 heteroatoms. The molecule has 0 spiro atoms. The summed E-state index contributed by atoms with van der Waals surface area (Å²) >= 11 is 0. The van der Waals surface area contributed by atoms with Crippen LogP contribution in [0.15, 0.2) is 36.7 Å². The normalized spacial score (nSPS) is 12.5. The van der Waals surface area contributed by atoms with Crippen molar-refractivity contribution in [3.05, 3.63) is 48.0 Å². The first-order valence-corrected chi connectivity index (χ1v) is 8.42. The quantitative estimate of drug-likeness (QED) is 0.609. The number of pyridine rings is 1. The SMILES string of the molecule is COc1cc2c(NC(C)c3cccc4c3cnn4C)nc(C)nc2cn1. The second kappa shape index (κ2) is 6.25. The van der Waals surface area contributed by atoms with E-state index in [1.165, 1.54) is 5.56 Å². The molecule has 0 saturated carbocycles. The number of hydrogen-bond donors (Lipinski definition) is 1. The van der Waals surface area contributed by atoms with Crippen molar-refractivity contribution in [2.24, 2.45) is 7.05 Å². The van der Waals surface area contributed by atoms with Crippen LogP contribution >= 0.6 is 0 Å². The lowest BCUT2D eigenvalue weighted by Crippen LogP contribution is -2.10. The Morgan fingerprint density at radius 1 is 1.15 bits per heavy atom. The first-order valence-electron chi connectivity index (χ1n) is 8.42. The molecular formula is C19H20N6O. The van der Waals surface area contributed by atoms with Gasteiger partial charge in [-0.1, -0.05) is 12.1 Å². The van der Waals surface area contributed by atoms with Gasteiger partial charge in [-0.2, -0.15) is 5.10 Å². The maximum Gasteiger partial charge on any atom is 0.213 e. The third-order valence-corrected chi connectivity index (χ3v) is 4.52. The summed E-state index contributed by atoms with van der Waals surface area (Å²) in [6, 6.07) is 8.13. The third kappa shape index (κ3) is 2.71. The number of hydrogen-bond acceptors (Lipinski definition) is 6. The highest BCUT2D eigenvalue weighted by Crippen LogP contribution is 2.29. The van der Waals surface area contributed by atoms with Crippen molar-refractivity contribution in [2.45, 2.75) is 19.9 Å². The van der Waals surface area contributed by atoms with E-state index in [1.54, 1.807) is 13.3 Å². The zero-order valence-corrected chi connectivity index (χ0v) is 15.2. The maximum atomic E-state index is 5.25. The lowest BCUT2D eigenvalue weighted by molar-refractivity contribution is 0.398. The van der Waals surface area contributed by atoms with Crippen molar-refractivity contribution in [1.82, 2.24) is 24.7 Å². The molecule has 0 aliphatic carbocycles. The molecule has 1 atom stereocenters. The minimum absolute atomic E-state index is 0.0413. The van der Waals surface area contributed by atoms with Gasteiger partial charge in [-0.05, 0) is 25.5 Å². The molecule has 0 bridgehead atoms. The number of rotatable bonds is 4. The van der Waals surface area contributed by atoms with Crippen molar-refractivity contribution < 1.29 is 4.74 Å². The summed E-state index contributed by atoms with van der Waals surface area (Å²) < 4.78 is 7.13. The van der Waals surface area contributed by atoms with E-state index in [2.05, 4.69) is 44.4 Å². The molecular weight excluding hydrogens is 328 g/mol. The molecule has 0 fully saturated rings. The molecule has 1 aromatic carbocycles. The van der Waals surface area contributed by atoms with E-state index >= 15 is 0 Å². The first-order chi connectivity index (χ1) is 12.6. The molecule has 0 amide bonds. The molecule has 0 radical (unpaired) electrons. The molecule has 3 heterocycles. The van der Waals surface area contributed by atoms with Gasteiger partial charge in [0.25, 0.3) is 0 Å². The molecule has 7 nitrogen and oxygen atoms in total. The van der Waals surface area contributed by atoms with Gasteiger partial charge < -0.3 is 10.1 Å². The van der Waals surface area contributed by atoms with Crippen molar-refractivity contribution >= 4 is 27.6 Å². The molecule has 4 aromatic rings. The van der Waals surface area contributed by atoms with Crippen LogP contribution in [0.2, 0.25) is 0 Å². The highest BCUT2D eigenvalue weighted by Gasteiger charge is 2.15. The number of anilines is 1. The average molecular weight is 348 g/mol. The van der Waals surface area contributed by atoms with Gasteiger partial charge in [-0.15, -0.1) is 0 Å². The third-order valence-electron chi connectivity index (χ3n) is 4.52. The number of nitrogens with one attached hydrogen (secondary N) is 1. The molecule has 26 heavy (non-hydrogen) atoms. The zero-order valence-electron chi connectivity index (χ0n) is 15.2. The van der Waals surface area contributed by atoms with Crippen LogP contribution in [0.4, 0.5) is 5.82 Å².